The number of nitrogens with zero attached hydrogens (tertiary/aromatic N) is 2. The van der Waals surface area contributed by atoms with Crippen molar-refractivity contribution in [3.8, 4) is 0 Å². The second-order valence-corrected chi connectivity index (χ2v) is 8.14. The van der Waals surface area contributed by atoms with Crippen LogP contribution in [0.15, 0.2) is 0 Å². The Balaban J connectivity index is 1.91. The van der Waals surface area contributed by atoms with E-state index in [0.29, 0.717) is 13.0 Å². The number of hydrogen-bond acceptors (Lipinski definition) is 5. The predicted molar refractivity (Wildman–Crippen MR) is 99.7 cm³/mol. The number of ether oxygens (including phenoxy) is 1. The van der Waals surface area contributed by atoms with Crippen molar-refractivity contribution in [2.45, 2.75) is 77.9 Å². The third-order valence-corrected chi connectivity index (χ3v) is 5.15. The van der Waals surface area contributed by atoms with Gasteiger partial charge >= 0.3 is 5.97 Å². The van der Waals surface area contributed by atoms with Crippen molar-refractivity contribution >= 4 is 17.7 Å². The Kier molecular flexibility index (Phi) is 8.07. The van der Waals surface area contributed by atoms with E-state index >= 15 is 0 Å². The van der Waals surface area contributed by atoms with Crippen LogP contribution in [0.5, 0.6) is 0 Å². The summed E-state index contributed by atoms with van der Waals surface area (Å²) in [6.07, 6.45) is 5.97. The monoisotopic (exact) mass is 366 g/mol. The van der Waals surface area contributed by atoms with Crippen molar-refractivity contribution in [1.29, 1.82) is 0 Å². The maximum atomic E-state index is 12.7. The molecule has 0 radical (unpaired) electrons. The number of rotatable bonds is 7. The first kappa shape index (κ1) is 20.9. The van der Waals surface area contributed by atoms with Crippen molar-refractivity contribution in [1.82, 2.24) is 9.80 Å². The Bertz CT molecular complexity index is 500. The van der Waals surface area contributed by atoms with Gasteiger partial charge in [0.25, 0.3) is 5.91 Å². The lowest BCUT2D eigenvalue weighted by atomic mass is 9.99. The molecular formula is C20H34N2O4. The number of carbonyl (C=O) groups is 3. The molecule has 0 aromatic carbocycles. The van der Waals surface area contributed by atoms with E-state index in [9.17, 15) is 14.4 Å². The van der Waals surface area contributed by atoms with Crippen LogP contribution in [0.1, 0.15) is 65.7 Å². The van der Waals surface area contributed by atoms with Gasteiger partial charge in [0.15, 0.2) is 0 Å². The molecule has 2 rings (SSSR count). The minimum Gasteiger partial charge on any atom is -0.460 e. The summed E-state index contributed by atoms with van der Waals surface area (Å²) in [6.45, 7) is 9.04. The Morgan fingerprint density at radius 3 is 2.27 bits per heavy atom. The molecule has 6 heteroatoms. The fourth-order valence-electron chi connectivity index (χ4n) is 3.86. The molecule has 26 heavy (non-hydrogen) atoms. The quantitative estimate of drug-likeness (QED) is 0.511. The molecule has 0 bridgehead atoms. The number of esters is 1. The van der Waals surface area contributed by atoms with Crippen LogP contribution in [0.3, 0.4) is 0 Å². The van der Waals surface area contributed by atoms with E-state index in [4.69, 9.17) is 4.74 Å². The normalized spacial score (nSPS) is 22.9. The van der Waals surface area contributed by atoms with Gasteiger partial charge in [-0.05, 0) is 58.0 Å². The smallest absolute Gasteiger partial charge is 0.329 e. The number of ketones is 1. The van der Waals surface area contributed by atoms with Crippen molar-refractivity contribution in [2.24, 2.45) is 5.92 Å². The van der Waals surface area contributed by atoms with Gasteiger partial charge in [0.2, 0.25) is 5.78 Å². The highest BCUT2D eigenvalue weighted by atomic mass is 16.5. The third kappa shape index (κ3) is 6.08. The van der Waals surface area contributed by atoms with Crippen molar-refractivity contribution in [2.75, 3.05) is 26.2 Å². The van der Waals surface area contributed by atoms with Crippen LogP contribution < -0.4 is 0 Å². The second-order valence-electron chi connectivity index (χ2n) is 8.14. The zero-order valence-corrected chi connectivity index (χ0v) is 16.5. The van der Waals surface area contributed by atoms with Crippen molar-refractivity contribution < 1.29 is 19.1 Å². The van der Waals surface area contributed by atoms with Crippen LogP contribution in [-0.4, -0.2) is 65.8 Å². The summed E-state index contributed by atoms with van der Waals surface area (Å²) < 4.78 is 5.65. The Labute approximate surface area is 157 Å². The molecule has 2 aliphatic heterocycles. The minimum atomic E-state index is -0.615. The van der Waals surface area contributed by atoms with Crippen molar-refractivity contribution in [3.63, 3.8) is 0 Å². The summed E-state index contributed by atoms with van der Waals surface area (Å²) in [5.41, 5.74) is 0. The van der Waals surface area contributed by atoms with Crippen LogP contribution in [0.2, 0.25) is 0 Å². The largest absolute Gasteiger partial charge is 0.460 e. The molecule has 2 aliphatic rings. The van der Waals surface area contributed by atoms with E-state index in [1.165, 1.54) is 24.2 Å². The Morgan fingerprint density at radius 1 is 0.962 bits per heavy atom. The molecule has 2 heterocycles. The third-order valence-electron chi connectivity index (χ3n) is 5.15. The highest BCUT2D eigenvalue weighted by Crippen LogP contribution is 2.20. The molecule has 2 saturated heterocycles. The summed E-state index contributed by atoms with van der Waals surface area (Å²) in [5.74, 6) is -1.16. The number of Topliss-reactive ketones (excluding diaryl/α,β-unsaturated/α-hetero) is 1. The fraction of sp³-hybridized carbons (Fsp3) is 0.850. The lowest BCUT2D eigenvalue weighted by Crippen LogP contribution is -2.52. The van der Waals surface area contributed by atoms with Crippen LogP contribution in [0.4, 0.5) is 0 Å². The molecule has 148 valence electrons. The average molecular weight is 367 g/mol. The number of piperidine rings is 2. The van der Waals surface area contributed by atoms with Crippen LogP contribution >= 0.6 is 0 Å². The first-order valence-electron chi connectivity index (χ1n) is 10.1. The number of carbonyl (C=O) groups excluding carboxylic acids is 3. The van der Waals surface area contributed by atoms with Gasteiger partial charge in [0.05, 0.1) is 0 Å². The van der Waals surface area contributed by atoms with E-state index in [1.54, 1.807) is 0 Å². The van der Waals surface area contributed by atoms with Gasteiger partial charge in [0, 0.05) is 19.5 Å². The van der Waals surface area contributed by atoms with Gasteiger partial charge in [-0.1, -0.05) is 20.3 Å². The number of amides is 1. The predicted octanol–water partition coefficient (Wildman–Crippen LogP) is 2.40. The maximum Gasteiger partial charge on any atom is 0.329 e. The molecule has 0 N–H and O–H groups in total. The summed E-state index contributed by atoms with van der Waals surface area (Å²) in [5, 5.41) is 0. The molecule has 0 saturated carbocycles. The summed E-state index contributed by atoms with van der Waals surface area (Å²) in [6, 6.07) is -0.615. The SMILES string of the molecule is CC(C)CC(=O)C(=O)N1CCCCC1C(=O)OC(C)CN1CCCCC1. The van der Waals surface area contributed by atoms with E-state index in [1.807, 2.05) is 20.8 Å². The molecule has 1 amide bonds. The van der Waals surface area contributed by atoms with Gasteiger partial charge in [-0.2, -0.15) is 0 Å². The first-order chi connectivity index (χ1) is 12.4. The number of hydrogen-bond donors (Lipinski definition) is 0. The first-order valence-corrected chi connectivity index (χ1v) is 10.1. The van der Waals surface area contributed by atoms with Gasteiger partial charge in [0.1, 0.15) is 12.1 Å². The Morgan fingerprint density at radius 2 is 1.62 bits per heavy atom. The summed E-state index contributed by atoms with van der Waals surface area (Å²) in [7, 11) is 0. The van der Waals surface area contributed by atoms with Gasteiger partial charge in [-0.15, -0.1) is 0 Å². The standard InChI is InChI=1S/C20H34N2O4/c1-15(2)13-18(23)19(24)22-12-8-5-9-17(22)20(25)26-16(3)14-21-10-6-4-7-11-21/h15-17H,4-14H2,1-3H3. The topological polar surface area (TPSA) is 66.9 Å². The fourth-order valence-corrected chi connectivity index (χ4v) is 3.86. The summed E-state index contributed by atoms with van der Waals surface area (Å²) >= 11 is 0. The zero-order valence-electron chi connectivity index (χ0n) is 16.5. The zero-order chi connectivity index (χ0) is 19.1. The van der Waals surface area contributed by atoms with Crippen LogP contribution in [0, 0.1) is 5.92 Å². The molecule has 0 aromatic heterocycles. The van der Waals surface area contributed by atoms with Crippen LogP contribution in [-0.2, 0) is 19.1 Å². The minimum absolute atomic E-state index is 0.131. The van der Waals surface area contributed by atoms with E-state index in [2.05, 4.69) is 4.90 Å². The molecule has 0 aromatic rings. The van der Waals surface area contributed by atoms with E-state index < -0.39 is 17.7 Å². The molecule has 2 fully saturated rings. The van der Waals surface area contributed by atoms with E-state index in [0.717, 1.165) is 32.5 Å². The lowest BCUT2D eigenvalue weighted by molar-refractivity contribution is -0.163. The molecule has 2 unspecified atom stereocenters. The highest BCUT2D eigenvalue weighted by molar-refractivity contribution is 6.36. The van der Waals surface area contributed by atoms with Gasteiger partial charge in [-0.25, -0.2) is 4.79 Å². The number of likely N-dealkylation sites (tertiary alicyclic amines) is 2. The average Bonchev–Trinajstić information content (AvgIpc) is 2.61. The highest BCUT2D eigenvalue weighted by Gasteiger charge is 2.36. The molecule has 6 nitrogen and oxygen atoms in total. The molecule has 2 atom stereocenters. The second kappa shape index (κ2) is 10.0. The van der Waals surface area contributed by atoms with E-state index in [-0.39, 0.29) is 24.4 Å². The van der Waals surface area contributed by atoms with Gasteiger partial charge in [-0.3, -0.25) is 14.5 Å². The molecular weight excluding hydrogens is 332 g/mol. The van der Waals surface area contributed by atoms with Crippen molar-refractivity contribution in [3.05, 3.63) is 0 Å². The molecule has 0 spiro atoms. The summed E-state index contributed by atoms with van der Waals surface area (Å²) in [4.78, 5) is 41.1. The Hall–Kier alpha value is -1.43. The molecule has 0 aliphatic carbocycles. The lowest BCUT2D eigenvalue weighted by Gasteiger charge is -2.35. The van der Waals surface area contributed by atoms with Gasteiger partial charge < -0.3 is 9.64 Å². The van der Waals surface area contributed by atoms with Crippen LogP contribution in [0.25, 0.3) is 0 Å². The maximum absolute atomic E-state index is 12.7.